The zero-order valence-corrected chi connectivity index (χ0v) is 16.1. The van der Waals surface area contributed by atoms with Crippen LogP contribution in [0.5, 0.6) is 5.75 Å². The minimum absolute atomic E-state index is 0.106. The first-order valence-corrected chi connectivity index (χ1v) is 10.4. The van der Waals surface area contributed by atoms with Gasteiger partial charge in [0, 0.05) is 19.6 Å². The highest BCUT2D eigenvalue weighted by atomic mass is 32.2. The fourth-order valence-corrected chi connectivity index (χ4v) is 4.49. The number of carbonyl (C=O) groups is 1. The molecule has 0 unspecified atom stereocenters. The third-order valence-electron chi connectivity index (χ3n) is 4.46. The highest BCUT2D eigenvalue weighted by Gasteiger charge is 2.28. The Morgan fingerprint density at radius 1 is 1.20 bits per heavy atom. The summed E-state index contributed by atoms with van der Waals surface area (Å²) < 4.78 is 32.5. The van der Waals surface area contributed by atoms with E-state index in [0.717, 1.165) is 37.9 Å². The molecule has 1 aromatic carbocycles. The molecule has 25 heavy (non-hydrogen) atoms. The molecule has 1 aromatic rings. The van der Waals surface area contributed by atoms with E-state index < -0.39 is 10.0 Å². The molecular weight excluding hydrogens is 340 g/mol. The van der Waals surface area contributed by atoms with Crippen LogP contribution in [0.1, 0.15) is 38.7 Å². The largest absolute Gasteiger partial charge is 0.494 e. The van der Waals surface area contributed by atoms with Gasteiger partial charge >= 0.3 is 0 Å². The highest BCUT2D eigenvalue weighted by Crippen LogP contribution is 2.24. The van der Waals surface area contributed by atoms with E-state index in [4.69, 9.17) is 4.74 Å². The molecule has 1 aliphatic heterocycles. The molecule has 1 heterocycles. The molecule has 1 fully saturated rings. The molecule has 1 saturated heterocycles. The van der Waals surface area contributed by atoms with Crippen LogP contribution >= 0.6 is 0 Å². The Morgan fingerprint density at radius 3 is 2.44 bits per heavy atom. The number of amides is 1. The topological polar surface area (TPSA) is 66.9 Å². The number of aryl methyl sites for hydroxylation is 1. The fraction of sp³-hybridized carbons (Fsp3) is 0.611. The summed E-state index contributed by atoms with van der Waals surface area (Å²) in [5.41, 5.74) is 0.765. The van der Waals surface area contributed by atoms with Crippen molar-refractivity contribution in [3.05, 3.63) is 23.8 Å². The van der Waals surface area contributed by atoms with Gasteiger partial charge < -0.3 is 9.64 Å². The molecule has 1 amide bonds. The van der Waals surface area contributed by atoms with Gasteiger partial charge in [-0.15, -0.1) is 0 Å². The lowest BCUT2D eigenvalue weighted by molar-refractivity contribution is -0.132. The van der Waals surface area contributed by atoms with Gasteiger partial charge in [-0.1, -0.05) is 6.92 Å². The lowest BCUT2D eigenvalue weighted by Gasteiger charge is -2.29. The SMILES string of the molecule is CCOc1ccc(S(=O)(=O)N(CC)CC(=O)N2CCCCC2)cc1C. The standard InChI is InChI=1S/C18H28N2O4S/c1-4-20(14-18(21)19-11-7-6-8-12-19)25(22,23)16-9-10-17(24-5-2)15(3)13-16/h9-10,13H,4-8,11-12,14H2,1-3H3. The predicted octanol–water partition coefficient (Wildman–Crippen LogP) is 2.42. The molecule has 2 rings (SSSR count). The van der Waals surface area contributed by atoms with Crippen molar-refractivity contribution in [2.24, 2.45) is 0 Å². The van der Waals surface area contributed by atoms with Gasteiger partial charge in [-0.05, 0) is 56.9 Å². The van der Waals surface area contributed by atoms with Crippen LogP contribution in [0.4, 0.5) is 0 Å². The summed E-state index contributed by atoms with van der Waals surface area (Å²) in [6.45, 7) is 7.57. The molecule has 0 N–H and O–H groups in total. The maximum atomic E-state index is 12.9. The Balaban J connectivity index is 2.17. The number of benzene rings is 1. The van der Waals surface area contributed by atoms with Crippen LogP contribution in [0.15, 0.2) is 23.1 Å². The van der Waals surface area contributed by atoms with Crippen molar-refractivity contribution in [3.63, 3.8) is 0 Å². The number of likely N-dealkylation sites (N-methyl/N-ethyl adjacent to an activating group) is 1. The maximum Gasteiger partial charge on any atom is 0.243 e. The summed E-state index contributed by atoms with van der Waals surface area (Å²) in [6.07, 6.45) is 3.11. The number of hydrogen-bond acceptors (Lipinski definition) is 4. The number of ether oxygens (including phenoxy) is 1. The second kappa shape index (κ2) is 8.67. The number of carbonyl (C=O) groups excluding carboxylic acids is 1. The van der Waals surface area contributed by atoms with E-state index in [1.165, 1.54) is 4.31 Å². The van der Waals surface area contributed by atoms with E-state index >= 15 is 0 Å². The first-order chi connectivity index (χ1) is 11.9. The van der Waals surface area contributed by atoms with E-state index in [9.17, 15) is 13.2 Å². The molecule has 0 spiro atoms. The van der Waals surface area contributed by atoms with E-state index in [1.807, 2.05) is 13.8 Å². The second-order valence-corrected chi connectivity index (χ2v) is 8.17. The van der Waals surface area contributed by atoms with E-state index in [2.05, 4.69) is 0 Å². The first kappa shape index (κ1) is 19.7. The van der Waals surface area contributed by atoms with Crippen LogP contribution in [0.2, 0.25) is 0 Å². The smallest absolute Gasteiger partial charge is 0.243 e. The van der Waals surface area contributed by atoms with Gasteiger partial charge in [0.15, 0.2) is 0 Å². The summed E-state index contributed by atoms with van der Waals surface area (Å²) in [4.78, 5) is 14.4. The van der Waals surface area contributed by atoms with Crippen LogP contribution in [0, 0.1) is 6.92 Å². The van der Waals surface area contributed by atoms with E-state index in [-0.39, 0.29) is 23.9 Å². The van der Waals surface area contributed by atoms with Crippen LogP contribution in [-0.4, -0.2) is 56.3 Å². The summed E-state index contributed by atoms with van der Waals surface area (Å²) in [6, 6.07) is 4.82. The van der Waals surface area contributed by atoms with E-state index in [1.54, 1.807) is 30.0 Å². The molecule has 0 bridgehead atoms. The monoisotopic (exact) mass is 368 g/mol. The van der Waals surface area contributed by atoms with Crippen LogP contribution < -0.4 is 4.74 Å². The Hall–Kier alpha value is -1.60. The molecule has 140 valence electrons. The zero-order valence-electron chi connectivity index (χ0n) is 15.3. The third-order valence-corrected chi connectivity index (χ3v) is 6.37. The van der Waals surface area contributed by atoms with Gasteiger partial charge in [0.1, 0.15) is 5.75 Å². The zero-order chi connectivity index (χ0) is 18.4. The molecule has 1 aliphatic rings. The molecule has 0 radical (unpaired) electrons. The molecule has 0 saturated carbocycles. The molecule has 0 aliphatic carbocycles. The van der Waals surface area contributed by atoms with Crippen molar-refractivity contribution in [1.29, 1.82) is 0 Å². The molecule has 0 atom stereocenters. The average molecular weight is 368 g/mol. The van der Waals surface area contributed by atoms with Gasteiger partial charge in [0.2, 0.25) is 15.9 Å². The van der Waals surface area contributed by atoms with Crippen LogP contribution in [0.3, 0.4) is 0 Å². The first-order valence-electron chi connectivity index (χ1n) is 8.91. The normalized spacial score (nSPS) is 15.4. The van der Waals surface area contributed by atoms with Gasteiger partial charge in [0.05, 0.1) is 18.0 Å². The van der Waals surface area contributed by atoms with Gasteiger partial charge in [-0.25, -0.2) is 8.42 Å². The summed E-state index contributed by atoms with van der Waals surface area (Å²) in [7, 11) is -3.71. The maximum absolute atomic E-state index is 12.9. The number of sulfonamides is 1. The van der Waals surface area contributed by atoms with Crippen LogP contribution in [-0.2, 0) is 14.8 Å². The minimum Gasteiger partial charge on any atom is -0.494 e. The Bertz CT molecular complexity index is 697. The minimum atomic E-state index is -3.71. The molecule has 7 heteroatoms. The van der Waals surface area contributed by atoms with Gasteiger partial charge in [-0.3, -0.25) is 4.79 Å². The number of rotatable bonds is 7. The van der Waals surface area contributed by atoms with Crippen molar-refractivity contribution in [1.82, 2.24) is 9.21 Å². The lowest BCUT2D eigenvalue weighted by Crippen LogP contribution is -2.44. The Kier molecular flexibility index (Phi) is 6.84. The summed E-state index contributed by atoms with van der Waals surface area (Å²) in [5, 5.41) is 0. The lowest BCUT2D eigenvalue weighted by atomic mass is 10.1. The quantitative estimate of drug-likeness (QED) is 0.741. The average Bonchev–Trinajstić information content (AvgIpc) is 2.61. The Labute approximate surface area is 150 Å². The predicted molar refractivity (Wildman–Crippen MR) is 97.2 cm³/mol. The van der Waals surface area contributed by atoms with Crippen molar-refractivity contribution in [2.45, 2.75) is 44.9 Å². The second-order valence-electron chi connectivity index (χ2n) is 6.23. The number of hydrogen-bond donors (Lipinski definition) is 0. The Morgan fingerprint density at radius 2 is 1.88 bits per heavy atom. The van der Waals surface area contributed by atoms with Gasteiger partial charge in [0.25, 0.3) is 0 Å². The van der Waals surface area contributed by atoms with Gasteiger partial charge in [-0.2, -0.15) is 4.31 Å². The molecular formula is C18H28N2O4S. The fourth-order valence-electron chi connectivity index (χ4n) is 3.01. The number of likely N-dealkylation sites (tertiary alicyclic amines) is 1. The van der Waals surface area contributed by atoms with Crippen LogP contribution in [0.25, 0.3) is 0 Å². The van der Waals surface area contributed by atoms with Crippen molar-refractivity contribution >= 4 is 15.9 Å². The third kappa shape index (κ3) is 4.73. The van der Waals surface area contributed by atoms with E-state index in [0.29, 0.717) is 12.4 Å². The van der Waals surface area contributed by atoms with Crippen molar-refractivity contribution in [3.8, 4) is 5.75 Å². The van der Waals surface area contributed by atoms with Crippen molar-refractivity contribution < 1.29 is 17.9 Å². The molecule has 0 aromatic heterocycles. The summed E-state index contributed by atoms with van der Waals surface area (Å²) >= 11 is 0. The molecule has 6 nitrogen and oxygen atoms in total. The summed E-state index contributed by atoms with van der Waals surface area (Å²) in [5.74, 6) is 0.557. The number of nitrogens with zero attached hydrogens (tertiary/aromatic N) is 2. The number of piperidine rings is 1. The highest BCUT2D eigenvalue weighted by molar-refractivity contribution is 7.89. The van der Waals surface area contributed by atoms with Crippen molar-refractivity contribution in [2.75, 3.05) is 32.8 Å².